The highest BCUT2D eigenvalue weighted by atomic mass is 15.2. The molecule has 18 heavy (non-hydrogen) atoms. The maximum absolute atomic E-state index is 3.70. The first-order valence-electron chi connectivity index (χ1n) is 8.17. The summed E-state index contributed by atoms with van der Waals surface area (Å²) in [6.45, 7) is 5.91. The first kappa shape index (κ1) is 14.3. The van der Waals surface area contributed by atoms with Gasteiger partial charge in [0.15, 0.2) is 0 Å². The van der Waals surface area contributed by atoms with Crippen molar-refractivity contribution in [3.8, 4) is 0 Å². The molecule has 0 amide bonds. The third-order valence-electron chi connectivity index (χ3n) is 5.25. The Kier molecular flexibility index (Phi) is 5.50. The predicted octanol–water partition coefficient (Wildman–Crippen LogP) is 3.42. The van der Waals surface area contributed by atoms with Gasteiger partial charge in [0.2, 0.25) is 0 Å². The Morgan fingerprint density at radius 3 is 2.61 bits per heavy atom. The zero-order chi connectivity index (χ0) is 13.0. The molecule has 0 aromatic carbocycles. The molecule has 4 unspecified atom stereocenters. The van der Waals surface area contributed by atoms with Crippen LogP contribution in [0.4, 0.5) is 0 Å². The standard InChI is InChI=1S/C16H32N2/c1-4-11-17-14-9-10-15(12-14)18(3)16-8-6-5-7-13(16)2/h13-17H,4-12H2,1-3H3. The summed E-state index contributed by atoms with van der Waals surface area (Å²) in [4.78, 5) is 2.73. The van der Waals surface area contributed by atoms with Gasteiger partial charge in [-0.25, -0.2) is 0 Å². The van der Waals surface area contributed by atoms with Gasteiger partial charge in [-0.15, -0.1) is 0 Å². The molecule has 106 valence electrons. The number of rotatable bonds is 5. The largest absolute Gasteiger partial charge is 0.314 e. The average Bonchev–Trinajstić information content (AvgIpc) is 2.85. The van der Waals surface area contributed by atoms with Crippen molar-refractivity contribution in [1.29, 1.82) is 0 Å². The van der Waals surface area contributed by atoms with Gasteiger partial charge in [0, 0.05) is 18.1 Å². The summed E-state index contributed by atoms with van der Waals surface area (Å²) in [5, 5.41) is 3.70. The molecule has 0 heterocycles. The molecule has 0 aliphatic heterocycles. The molecule has 1 N–H and O–H groups in total. The minimum atomic E-state index is 0.788. The fourth-order valence-corrected chi connectivity index (χ4v) is 4.03. The Labute approximate surface area is 114 Å². The van der Waals surface area contributed by atoms with E-state index in [2.05, 4.69) is 31.1 Å². The van der Waals surface area contributed by atoms with Crippen LogP contribution in [0.1, 0.15) is 65.2 Å². The summed E-state index contributed by atoms with van der Waals surface area (Å²) >= 11 is 0. The lowest BCUT2D eigenvalue weighted by molar-refractivity contribution is 0.0974. The molecule has 0 bridgehead atoms. The van der Waals surface area contributed by atoms with Gasteiger partial charge in [-0.3, -0.25) is 0 Å². The van der Waals surface area contributed by atoms with Gasteiger partial charge in [0.05, 0.1) is 0 Å². The topological polar surface area (TPSA) is 15.3 Å². The quantitative estimate of drug-likeness (QED) is 0.806. The molecule has 2 heteroatoms. The second-order valence-electron chi connectivity index (χ2n) is 6.61. The van der Waals surface area contributed by atoms with Crippen molar-refractivity contribution >= 4 is 0 Å². The highest BCUT2D eigenvalue weighted by molar-refractivity contribution is 4.90. The Balaban J connectivity index is 1.80. The second-order valence-corrected chi connectivity index (χ2v) is 6.61. The molecule has 2 aliphatic carbocycles. The SMILES string of the molecule is CCCNC1CCC(N(C)C2CCCCC2C)C1. The Morgan fingerprint density at radius 1 is 1.11 bits per heavy atom. The molecule has 0 saturated heterocycles. The van der Waals surface area contributed by atoms with Crippen LogP contribution in [0.3, 0.4) is 0 Å². The molecule has 2 fully saturated rings. The van der Waals surface area contributed by atoms with E-state index in [1.807, 2.05) is 0 Å². The molecule has 4 atom stereocenters. The van der Waals surface area contributed by atoms with Crippen LogP contribution in [-0.4, -0.2) is 36.6 Å². The molecule has 0 aromatic heterocycles. The van der Waals surface area contributed by atoms with Crippen LogP contribution in [0.5, 0.6) is 0 Å². The molecule has 2 nitrogen and oxygen atoms in total. The fourth-order valence-electron chi connectivity index (χ4n) is 4.03. The van der Waals surface area contributed by atoms with Gasteiger partial charge in [-0.2, -0.15) is 0 Å². The van der Waals surface area contributed by atoms with Crippen molar-refractivity contribution in [3.63, 3.8) is 0 Å². The van der Waals surface area contributed by atoms with Crippen molar-refractivity contribution in [1.82, 2.24) is 10.2 Å². The minimum absolute atomic E-state index is 0.788. The van der Waals surface area contributed by atoms with Gasteiger partial charge in [0.1, 0.15) is 0 Å². The fraction of sp³-hybridized carbons (Fsp3) is 1.00. The summed E-state index contributed by atoms with van der Waals surface area (Å²) in [5.41, 5.74) is 0. The van der Waals surface area contributed by atoms with E-state index in [1.165, 1.54) is 57.9 Å². The van der Waals surface area contributed by atoms with Crippen LogP contribution in [0.2, 0.25) is 0 Å². The van der Waals surface area contributed by atoms with E-state index in [4.69, 9.17) is 0 Å². The van der Waals surface area contributed by atoms with E-state index in [-0.39, 0.29) is 0 Å². The number of nitrogens with zero attached hydrogens (tertiary/aromatic N) is 1. The van der Waals surface area contributed by atoms with Crippen LogP contribution < -0.4 is 5.32 Å². The third-order valence-corrected chi connectivity index (χ3v) is 5.25. The molecular weight excluding hydrogens is 220 g/mol. The van der Waals surface area contributed by atoms with Crippen LogP contribution in [-0.2, 0) is 0 Å². The monoisotopic (exact) mass is 252 g/mol. The maximum atomic E-state index is 3.70. The lowest BCUT2D eigenvalue weighted by atomic mass is 9.84. The summed E-state index contributed by atoms with van der Waals surface area (Å²) in [5.74, 6) is 0.909. The van der Waals surface area contributed by atoms with Gasteiger partial charge >= 0.3 is 0 Å². The van der Waals surface area contributed by atoms with Crippen molar-refractivity contribution in [2.24, 2.45) is 5.92 Å². The van der Waals surface area contributed by atoms with Crippen molar-refractivity contribution in [2.45, 2.75) is 83.3 Å². The van der Waals surface area contributed by atoms with Crippen LogP contribution in [0, 0.1) is 5.92 Å². The summed E-state index contributed by atoms with van der Waals surface area (Å²) in [6, 6.07) is 2.48. The van der Waals surface area contributed by atoms with Crippen molar-refractivity contribution in [3.05, 3.63) is 0 Å². The molecule has 0 spiro atoms. The van der Waals surface area contributed by atoms with E-state index in [0.717, 1.165) is 24.0 Å². The third kappa shape index (κ3) is 3.48. The van der Waals surface area contributed by atoms with Crippen LogP contribution in [0.25, 0.3) is 0 Å². The first-order valence-corrected chi connectivity index (χ1v) is 8.17. The van der Waals surface area contributed by atoms with Gasteiger partial charge in [-0.1, -0.05) is 26.7 Å². The molecule has 2 saturated carbocycles. The highest BCUT2D eigenvalue weighted by Crippen LogP contribution is 2.32. The highest BCUT2D eigenvalue weighted by Gasteiger charge is 2.33. The average molecular weight is 252 g/mol. The number of hydrogen-bond acceptors (Lipinski definition) is 2. The van der Waals surface area contributed by atoms with Crippen LogP contribution >= 0.6 is 0 Å². The van der Waals surface area contributed by atoms with Crippen LogP contribution in [0.15, 0.2) is 0 Å². The van der Waals surface area contributed by atoms with E-state index < -0.39 is 0 Å². The Morgan fingerprint density at radius 2 is 1.89 bits per heavy atom. The second kappa shape index (κ2) is 6.91. The normalized spacial score (nSPS) is 37.3. The van der Waals surface area contributed by atoms with Crippen molar-refractivity contribution in [2.75, 3.05) is 13.6 Å². The Bertz CT molecular complexity index is 241. The first-order chi connectivity index (χ1) is 8.72. The van der Waals surface area contributed by atoms with Gasteiger partial charge in [-0.05, 0) is 58.0 Å². The van der Waals surface area contributed by atoms with E-state index in [0.29, 0.717) is 0 Å². The molecular formula is C16H32N2. The smallest absolute Gasteiger partial charge is 0.0121 e. The van der Waals surface area contributed by atoms with Gasteiger partial charge in [0.25, 0.3) is 0 Å². The molecule has 2 aliphatic rings. The lowest BCUT2D eigenvalue weighted by Crippen LogP contribution is -2.44. The zero-order valence-corrected chi connectivity index (χ0v) is 12.6. The Hall–Kier alpha value is -0.0800. The molecule has 2 rings (SSSR count). The summed E-state index contributed by atoms with van der Waals surface area (Å²) in [7, 11) is 2.39. The lowest BCUT2D eigenvalue weighted by Gasteiger charge is -2.39. The van der Waals surface area contributed by atoms with E-state index >= 15 is 0 Å². The summed E-state index contributed by atoms with van der Waals surface area (Å²) < 4.78 is 0. The molecule has 0 radical (unpaired) electrons. The predicted molar refractivity (Wildman–Crippen MR) is 78.9 cm³/mol. The van der Waals surface area contributed by atoms with E-state index in [9.17, 15) is 0 Å². The van der Waals surface area contributed by atoms with Crippen molar-refractivity contribution < 1.29 is 0 Å². The zero-order valence-electron chi connectivity index (χ0n) is 12.6. The summed E-state index contributed by atoms with van der Waals surface area (Å²) in [6.07, 6.45) is 11.2. The minimum Gasteiger partial charge on any atom is -0.314 e. The maximum Gasteiger partial charge on any atom is 0.0121 e. The van der Waals surface area contributed by atoms with E-state index in [1.54, 1.807) is 0 Å². The molecule has 0 aromatic rings. The number of nitrogens with one attached hydrogen (secondary N) is 1. The van der Waals surface area contributed by atoms with Gasteiger partial charge < -0.3 is 10.2 Å². The number of hydrogen-bond donors (Lipinski definition) is 1.